The van der Waals surface area contributed by atoms with Gasteiger partial charge in [0, 0.05) is 18.2 Å². The van der Waals surface area contributed by atoms with Crippen LogP contribution in [0.4, 0.5) is 17.1 Å². The number of benzene rings is 2. The highest BCUT2D eigenvalue weighted by molar-refractivity contribution is 6.05. The fourth-order valence-corrected chi connectivity index (χ4v) is 3.28. The topological polar surface area (TPSA) is 87.7 Å². The molecule has 7 nitrogen and oxygen atoms in total. The molecule has 2 amide bonds. The number of aryl methyl sites for hydroxylation is 1. The van der Waals surface area contributed by atoms with Gasteiger partial charge in [-0.25, -0.2) is 4.79 Å². The van der Waals surface area contributed by atoms with Crippen molar-refractivity contribution < 1.29 is 19.1 Å². The molecular formula is C21H23N3O4. The largest absolute Gasteiger partial charge is 0.465 e. The highest BCUT2D eigenvalue weighted by Crippen LogP contribution is 2.31. The van der Waals surface area contributed by atoms with Gasteiger partial charge in [-0.1, -0.05) is 18.2 Å². The van der Waals surface area contributed by atoms with E-state index in [1.807, 2.05) is 32.0 Å². The van der Waals surface area contributed by atoms with Gasteiger partial charge in [-0.3, -0.25) is 9.59 Å². The quantitative estimate of drug-likeness (QED) is 0.795. The zero-order valence-corrected chi connectivity index (χ0v) is 16.1. The summed E-state index contributed by atoms with van der Waals surface area (Å²) in [6, 6.07) is 12.1. The van der Waals surface area contributed by atoms with E-state index in [4.69, 9.17) is 4.74 Å². The number of hydrogen-bond donors (Lipinski definition) is 2. The first-order chi connectivity index (χ1) is 13.4. The van der Waals surface area contributed by atoms with Gasteiger partial charge in [0.15, 0.2) is 0 Å². The van der Waals surface area contributed by atoms with Crippen molar-refractivity contribution >= 4 is 34.8 Å². The van der Waals surface area contributed by atoms with E-state index in [2.05, 4.69) is 10.6 Å². The van der Waals surface area contributed by atoms with Crippen LogP contribution in [0.1, 0.15) is 29.3 Å². The molecule has 1 aliphatic rings. The Balaban J connectivity index is 1.81. The number of hydrogen-bond acceptors (Lipinski definition) is 5. The maximum atomic E-state index is 13.0. The number of rotatable bonds is 4. The zero-order chi connectivity index (χ0) is 20.3. The fraction of sp³-hybridized carbons (Fsp3) is 0.286. The van der Waals surface area contributed by atoms with Crippen molar-refractivity contribution in [2.45, 2.75) is 26.3 Å². The number of carbonyl (C=O) groups is 3. The molecule has 2 aromatic carbocycles. The summed E-state index contributed by atoms with van der Waals surface area (Å²) in [5.74, 6) is -0.724. The average molecular weight is 381 g/mol. The van der Waals surface area contributed by atoms with E-state index in [0.717, 1.165) is 5.56 Å². The molecule has 7 heteroatoms. The van der Waals surface area contributed by atoms with Gasteiger partial charge in [-0.2, -0.15) is 0 Å². The van der Waals surface area contributed by atoms with Crippen molar-refractivity contribution in [1.29, 1.82) is 0 Å². The van der Waals surface area contributed by atoms with Gasteiger partial charge in [0.25, 0.3) is 0 Å². The number of amides is 2. The number of nitrogens with one attached hydrogen (secondary N) is 2. The smallest absolute Gasteiger partial charge is 0.337 e. The molecule has 1 atom stereocenters. The Morgan fingerprint density at radius 3 is 2.75 bits per heavy atom. The maximum absolute atomic E-state index is 13.0. The average Bonchev–Trinajstić information content (AvgIpc) is 2.80. The second kappa shape index (κ2) is 8.12. The van der Waals surface area contributed by atoms with Crippen LogP contribution >= 0.6 is 0 Å². The lowest BCUT2D eigenvalue weighted by Crippen LogP contribution is -2.42. The summed E-state index contributed by atoms with van der Waals surface area (Å²) in [5.41, 5.74) is 3.29. The SMILES string of the molecule is COC(=O)c1ccc(C)c(NCC(=O)N2c3ccccc3NC(=O)CC2C)c1. The molecule has 146 valence electrons. The van der Waals surface area contributed by atoms with E-state index in [9.17, 15) is 14.4 Å². The molecule has 0 saturated carbocycles. The molecule has 1 unspecified atom stereocenters. The lowest BCUT2D eigenvalue weighted by molar-refractivity contribution is -0.118. The monoisotopic (exact) mass is 381 g/mol. The molecule has 2 N–H and O–H groups in total. The van der Waals surface area contributed by atoms with Crippen LogP contribution in [0.15, 0.2) is 42.5 Å². The molecule has 28 heavy (non-hydrogen) atoms. The van der Waals surface area contributed by atoms with Gasteiger partial charge in [0.2, 0.25) is 11.8 Å². The molecule has 0 bridgehead atoms. The number of fused-ring (bicyclic) bond motifs is 1. The van der Waals surface area contributed by atoms with E-state index >= 15 is 0 Å². The second-order valence-electron chi connectivity index (χ2n) is 6.76. The number of carbonyl (C=O) groups excluding carboxylic acids is 3. The molecule has 0 aromatic heterocycles. The Morgan fingerprint density at radius 2 is 2.00 bits per heavy atom. The van der Waals surface area contributed by atoms with Crippen LogP contribution in [0.5, 0.6) is 0 Å². The van der Waals surface area contributed by atoms with Crippen LogP contribution < -0.4 is 15.5 Å². The van der Waals surface area contributed by atoms with Crippen molar-refractivity contribution in [1.82, 2.24) is 0 Å². The van der Waals surface area contributed by atoms with Crippen LogP contribution in [-0.4, -0.2) is 37.5 Å². The van der Waals surface area contributed by atoms with Crippen molar-refractivity contribution in [3.8, 4) is 0 Å². The maximum Gasteiger partial charge on any atom is 0.337 e. The molecule has 0 spiro atoms. The minimum Gasteiger partial charge on any atom is -0.465 e. The Labute approximate surface area is 163 Å². The summed E-state index contributed by atoms with van der Waals surface area (Å²) in [6.07, 6.45) is 0.220. The van der Waals surface area contributed by atoms with Gasteiger partial charge in [-0.05, 0) is 43.7 Å². The molecule has 1 aliphatic heterocycles. The Kier molecular flexibility index (Phi) is 5.63. The summed E-state index contributed by atoms with van der Waals surface area (Å²) < 4.78 is 4.75. The van der Waals surface area contributed by atoms with Crippen molar-refractivity contribution in [2.75, 3.05) is 29.2 Å². The van der Waals surface area contributed by atoms with Crippen molar-refractivity contribution in [2.24, 2.45) is 0 Å². The molecule has 3 rings (SSSR count). The Morgan fingerprint density at radius 1 is 1.25 bits per heavy atom. The number of ether oxygens (including phenoxy) is 1. The zero-order valence-electron chi connectivity index (χ0n) is 16.1. The molecule has 0 saturated heterocycles. The van der Waals surface area contributed by atoms with Crippen LogP contribution in [-0.2, 0) is 14.3 Å². The van der Waals surface area contributed by atoms with E-state index < -0.39 is 5.97 Å². The first-order valence-electron chi connectivity index (χ1n) is 9.04. The normalized spacial score (nSPS) is 15.9. The van der Waals surface area contributed by atoms with Gasteiger partial charge in [0.05, 0.1) is 30.6 Å². The van der Waals surface area contributed by atoms with Gasteiger partial charge in [0.1, 0.15) is 0 Å². The first-order valence-corrected chi connectivity index (χ1v) is 9.04. The Hall–Kier alpha value is -3.35. The molecule has 0 aliphatic carbocycles. The minimum absolute atomic E-state index is 0.0261. The van der Waals surface area contributed by atoms with Crippen LogP contribution in [0.25, 0.3) is 0 Å². The highest BCUT2D eigenvalue weighted by Gasteiger charge is 2.29. The van der Waals surface area contributed by atoms with Gasteiger partial charge >= 0.3 is 5.97 Å². The lowest BCUT2D eigenvalue weighted by atomic mass is 10.1. The molecule has 0 radical (unpaired) electrons. The standard InChI is InChI=1S/C21H23N3O4/c1-13-8-9-15(21(27)28-3)11-17(13)22-12-20(26)24-14(2)10-19(25)23-16-6-4-5-7-18(16)24/h4-9,11,14,22H,10,12H2,1-3H3,(H,23,25). The summed E-state index contributed by atoms with van der Waals surface area (Å²) in [6.45, 7) is 3.77. The summed E-state index contributed by atoms with van der Waals surface area (Å²) in [4.78, 5) is 38.5. The Bertz CT molecular complexity index is 926. The molecular weight excluding hydrogens is 358 g/mol. The van der Waals surface area contributed by atoms with E-state index in [0.29, 0.717) is 22.6 Å². The number of nitrogens with zero attached hydrogens (tertiary/aromatic N) is 1. The molecule has 1 heterocycles. The number of esters is 1. The predicted octanol–water partition coefficient (Wildman–Crippen LogP) is 2.96. The van der Waals surface area contributed by atoms with E-state index in [1.54, 1.807) is 29.2 Å². The van der Waals surface area contributed by atoms with E-state index in [1.165, 1.54) is 7.11 Å². The number of methoxy groups -OCH3 is 1. The summed E-state index contributed by atoms with van der Waals surface area (Å²) in [5, 5.41) is 5.95. The first kappa shape index (κ1) is 19.4. The van der Waals surface area contributed by atoms with E-state index in [-0.39, 0.29) is 30.8 Å². The van der Waals surface area contributed by atoms with Crippen LogP contribution in [0.3, 0.4) is 0 Å². The minimum atomic E-state index is -0.436. The third-order valence-electron chi connectivity index (χ3n) is 4.72. The highest BCUT2D eigenvalue weighted by atomic mass is 16.5. The lowest BCUT2D eigenvalue weighted by Gasteiger charge is -2.28. The van der Waals surface area contributed by atoms with Crippen LogP contribution in [0.2, 0.25) is 0 Å². The number of para-hydroxylation sites is 2. The van der Waals surface area contributed by atoms with Crippen molar-refractivity contribution in [3.05, 3.63) is 53.6 Å². The summed E-state index contributed by atoms with van der Waals surface area (Å²) >= 11 is 0. The van der Waals surface area contributed by atoms with Gasteiger partial charge in [-0.15, -0.1) is 0 Å². The van der Waals surface area contributed by atoms with Crippen molar-refractivity contribution in [3.63, 3.8) is 0 Å². The van der Waals surface area contributed by atoms with Crippen LogP contribution in [0, 0.1) is 6.92 Å². The molecule has 2 aromatic rings. The molecule has 0 fully saturated rings. The summed E-state index contributed by atoms with van der Waals surface area (Å²) in [7, 11) is 1.33. The fourth-order valence-electron chi connectivity index (χ4n) is 3.28. The van der Waals surface area contributed by atoms with Gasteiger partial charge < -0.3 is 20.3 Å². The number of anilines is 3. The predicted molar refractivity (Wildman–Crippen MR) is 108 cm³/mol. The third kappa shape index (κ3) is 3.98. The second-order valence-corrected chi connectivity index (χ2v) is 6.76. The third-order valence-corrected chi connectivity index (χ3v) is 4.72.